The Kier molecular flexibility index (Phi) is 5.97. The summed E-state index contributed by atoms with van der Waals surface area (Å²) in [6, 6.07) is 4.91. The number of likely N-dealkylation sites (tertiary alicyclic amines) is 1. The minimum Gasteiger partial charge on any atom is -0.390 e. The maximum absolute atomic E-state index is 12.1. The first-order valence-corrected chi connectivity index (χ1v) is 8.62. The van der Waals surface area contributed by atoms with Crippen LogP contribution in [0.5, 0.6) is 0 Å². The third-order valence-electron chi connectivity index (χ3n) is 4.17. The molecule has 2 amide bonds. The van der Waals surface area contributed by atoms with Gasteiger partial charge in [-0.05, 0) is 44.1 Å². The van der Waals surface area contributed by atoms with Crippen LogP contribution in [0.4, 0.5) is 10.5 Å². The molecule has 8 nitrogen and oxygen atoms in total. The molecule has 0 saturated carbocycles. The van der Waals surface area contributed by atoms with Crippen molar-refractivity contribution in [1.82, 2.24) is 25.0 Å². The summed E-state index contributed by atoms with van der Waals surface area (Å²) in [5.74, 6) is 0.538. The minimum atomic E-state index is -0.580. The van der Waals surface area contributed by atoms with Crippen LogP contribution >= 0.6 is 0 Å². The Bertz CT molecular complexity index is 670. The van der Waals surface area contributed by atoms with Gasteiger partial charge >= 0.3 is 6.03 Å². The number of nitrogens with zero attached hydrogens (tertiary/aromatic N) is 4. The van der Waals surface area contributed by atoms with Crippen molar-refractivity contribution in [2.75, 3.05) is 31.5 Å². The van der Waals surface area contributed by atoms with Gasteiger partial charge in [0.2, 0.25) is 0 Å². The number of hydrogen-bond acceptors (Lipinski definition) is 5. The van der Waals surface area contributed by atoms with E-state index in [0.29, 0.717) is 18.1 Å². The van der Waals surface area contributed by atoms with Gasteiger partial charge < -0.3 is 20.6 Å². The number of carbonyl (C=O) groups is 1. The number of aliphatic hydroxyl groups is 1. The lowest BCUT2D eigenvalue weighted by atomic mass is 10.1. The monoisotopic (exact) mass is 344 g/mol. The molecule has 3 N–H and O–H groups in total. The molecule has 1 saturated heterocycles. The SMILES string of the molecule is O=C(NC[C@@H](O)CN1CCCCC1)Nc1cccnc1-n1cccn1. The molecule has 0 spiro atoms. The predicted octanol–water partition coefficient (Wildman–Crippen LogP) is 1.24. The summed E-state index contributed by atoms with van der Waals surface area (Å²) in [5, 5.41) is 19.7. The number of carbonyl (C=O) groups excluding carboxylic acids is 1. The van der Waals surface area contributed by atoms with Gasteiger partial charge in [0.1, 0.15) is 0 Å². The number of piperidine rings is 1. The molecule has 1 atom stereocenters. The first kappa shape index (κ1) is 17.4. The maximum atomic E-state index is 12.1. The number of rotatable bonds is 6. The van der Waals surface area contributed by atoms with E-state index in [1.807, 2.05) is 0 Å². The molecule has 1 aliphatic heterocycles. The lowest BCUT2D eigenvalue weighted by Gasteiger charge is -2.28. The number of β-amino-alcohol motifs (C(OH)–C–C–N with tert-alkyl or cyclic N) is 1. The van der Waals surface area contributed by atoms with E-state index in [2.05, 4.69) is 25.6 Å². The minimum absolute atomic E-state index is 0.208. The Morgan fingerprint density at radius 1 is 1.24 bits per heavy atom. The fourth-order valence-corrected chi connectivity index (χ4v) is 2.95. The van der Waals surface area contributed by atoms with Crippen LogP contribution in [0.25, 0.3) is 5.82 Å². The van der Waals surface area contributed by atoms with Crippen LogP contribution < -0.4 is 10.6 Å². The maximum Gasteiger partial charge on any atom is 0.319 e. The third-order valence-corrected chi connectivity index (χ3v) is 4.17. The molecule has 3 rings (SSSR count). The molecule has 0 aliphatic carbocycles. The first-order chi connectivity index (χ1) is 12.2. The van der Waals surface area contributed by atoms with Crippen LogP contribution in [0.1, 0.15) is 19.3 Å². The number of hydrogen-bond donors (Lipinski definition) is 3. The van der Waals surface area contributed by atoms with Crippen molar-refractivity contribution in [1.29, 1.82) is 0 Å². The molecule has 8 heteroatoms. The molecular weight excluding hydrogens is 320 g/mol. The number of aromatic nitrogens is 3. The molecule has 2 aromatic rings. The first-order valence-electron chi connectivity index (χ1n) is 8.62. The zero-order valence-electron chi connectivity index (χ0n) is 14.1. The summed E-state index contributed by atoms with van der Waals surface area (Å²) in [6.45, 7) is 2.84. The van der Waals surface area contributed by atoms with E-state index >= 15 is 0 Å². The van der Waals surface area contributed by atoms with E-state index in [-0.39, 0.29) is 12.6 Å². The molecule has 1 fully saturated rings. The fourth-order valence-electron chi connectivity index (χ4n) is 2.95. The number of anilines is 1. The Hall–Kier alpha value is -2.45. The van der Waals surface area contributed by atoms with Crippen molar-refractivity contribution in [2.24, 2.45) is 0 Å². The van der Waals surface area contributed by atoms with Crippen molar-refractivity contribution >= 4 is 11.7 Å². The van der Waals surface area contributed by atoms with Gasteiger partial charge in [0.15, 0.2) is 5.82 Å². The standard InChI is InChI=1S/C17H24N6O2/c24-14(13-22-9-2-1-3-10-22)12-19-17(25)21-15-6-4-7-18-16(15)23-11-5-8-20-23/h4-8,11,14,24H,1-3,9-10,12-13H2,(H2,19,21,25)/t14-/m1/s1. The van der Waals surface area contributed by atoms with Gasteiger partial charge in [-0.3, -0.25) is 0 Å². The van der Waals surface area contributed by atoms with Crippen LogP contribution in [0.3, 0.4) is 0 Å². The summed E-state index contributed by atoms with van der Waals surface area (Å²) < 4.78 is 1.58. The van der Waals surface area contributed by atoms with Crippen LogP contribution in [0.15, 0.2) is 36.8 Å². The van der Waals surface area contributed by atoms with E-state index in [0.717, 1.165) is 13.1 Å². The summed E-state index contributed by atoms with van der Waals surface area (Å²) in [4.78, 5) is 18.6. The van der Waals surface area contributed by atoms with E-state index in [1.54, 1.807) is 41.5 Å². The number of pyridine rings is 1. The van der Waals surface area contributed by atoms with Gasteiger partial charge in [-0.25, -0.2) is 14.5 Å². The normalized spacial score (nSPS) is 16.4. The zero-order chi connectivity index (χ0) is 17.5. The molecule has 2 aromatic heterocycles. The molecule has 25 heavy (non-hydrogen) atoms. The average molecular weight is 344 g/mol. The molecular formula is C17H24N6O2. The van der Waals surface area contributed by atoms with Crippen molar-refractivity contribution < 1.29 is 9.90 Å². The number of amides is 2. The fraction of sp³-hybridized carbons (Fsp3) is 0.471. The molecule has 134 valence electrons. The Morgan fingerprint density at radius 2 is 2.08 bits per heavy atom. The van der Waals surface area contributed by atoms with Crippen molar-refractivity contribution in [3.05, 3.63) is 36.8 Å². The van der Waals surface area contributed by atoms with Crippen LogP contribution in [-0.4, -0.2) is 63.1 Å². The molecule has 0 unspecified atom stereocenters. The smallest absolute Gasteiger partial charge is 0.319 e. The molecule has 0 radical (unpaired) electrons. The van der Waals surface area contributed by atoms with Crippen molar-refractivity contribution in [2.45, 2.75) is 25.4 Å². The third kappa shape index (κ3) is 5.01. The van der Waals surface area contributed by atoms with E-state index in [9.17, 15) is 9.90 Å². The highest BCUT2D eigenvalue weighted by Crippen LogP contribution is 2.15. The second-order valence-electron chi connectivity index (χ2n) is 6.18. The molecule has 3 heterocycles. The molecule has 0 bridgehead atoms. The molecule has 1 aliphatic rings. The Morgan fingerprint density at radius 3 is 2.84 bits per heavy atom. The number of nitrogens with one attached hydrogen (secondary N) is 2. The predicted molar refractivity (Wildman–Crippen MR) is 94.7 cm³/mol. The van der Waals surface area contributed by atoms with E-state index in [1.165, 1.54) is 19.3 Å². The van der Waals surface area contributed by atoms with Gasteiger partial charge in [-0.15, -0.1) is 0 Å². The van der Waals surface area contributed by atoms with Gasteiger partial charge in [0.25, 0.3) is 0 Å². The number of urea groups is 1. The lowest BCUT2D eigenvalue weighted by Crippen LogP contribution is -2.43. The quantitative estimate of drug-likeness (QED) is 0.733. The Labute approximate surface area is 146 Å². The van der Waals surface area contributed by atoms with Gasteiger partial charge in [0.05, 0.1) is 11.8 Å². The summed E-state index contributed by atoms with van der Waals surface area (Å²) in [5.41, 5.74) is 0.550. The Balaban J connectivity index is 1.49. The van der Waals surface area contributed by atoms with Crippen LogP contribution in [-0.2, 0) is 0 Å². The summed E-state index contributed by atoms with van der Waals surface area (Å²) >= 11 is 0. The largest absolute Gasteiger partial charge is 0.390 e. The summed E-state index contributed by atoms with van der Waals surface area (Å²) in [7, 11) is 0. The van der Waals surface area contributed by atoms with Gasteiger partial charge in [0, 0.05) is 31.7 Å². The van der Waals surface area contributed by atoms with E-state index < -0.39 is 6.10 Å². The van der Waals surface area contributed by atoms with Crippen molar-refractivity contribution in [3.8, 4) is 5.82 Å². The second-order valence-corrected chi connectivity index (χ2v) is 6.18. The molecule has 0 aromatic carbocycles. The van der Waals surface area contributed by atoms with Crippen LogP contribution in [0, 0.1) is 0 Å². The van der Waals surface area contributed by atoms with Gasteiger partial charge in [-0.2, -0.15) is 5.10 Å². The summed E-state index contributed by atoms with van der Waals surface area (Å²) in [6.07, 6.45) is 8.08. The van der Waals surface area contributed by atoms with Gasteiger partial charge in [-0.1, -0.05) is 6.42 Å². The lowest BCUT2D eigenvalue weighted by molar-refractivity contribution is 0.102. The highest BCUT2D eigenvalue weighted by atomic mass is 16.3. The van der Waals surface area contributed by atoms with Crippen LogP contribution in [0.2, 0.25) is 0 Å². The van der Waals surface area contributed by atoms with Crippen molar-refractivity contribution in [3.63, 3.8) is 0 Å². The second kappa shape index (κ2) is 8.59. The highest BCUT2D eigenvalue weighted by Gasteiger charge is 2.16. The number of aliphatic hydroxyl groups excluding tert-OH is 1. The highest BCUT2D eigenvalue weighted by molar-refractivity contribution is 5.90. The van der Waals surface area contributed by atoms with E-state index in [4.69, 9.17) is 0 Å². The topological polar surface area (TPSA) is 95.3 Å². The zero-order valence-corrected chi connectivity index (χ0v) is 14.1. The average Bonchev–Trinajstić information content (AvgIpc) is 3.16.